The van der Waals surface area contributed by atoms with Crippen molar-refractivity contribution in [2.45, 2.75) is 12.5 Å². The van der Waals surface area contributed by atoms with E-state index in [-0.39, 0.29) is 6.42 Å². The predicted molar refractivity (Wildman–Crippen MR) is 94.8 cm³/mol. The summed E-state index contributed by atoms with van der Waals surface area (Å²) in [6.45, 7) is 0. The minimum absolute atomic E-state index is 0.0344. The molecule has 1 atom stereocenters. The van der Waals surface area contributed by atoms with Gasteiger partial charge < -0.3 is 24.6 Å². The lowest BCUT2D eigenvalue weighted by atomic mass is 10.1. The number of amides is 1. The summed E-state index contributed by atoms with van der Waals surface area (Å²) in [6.07, 6.45) is -0.0344. The van der Waals surface area contributed by atoms with E-state index in [0.29, 0.717) is 28.4 Å². The Morgan fingerprint density at radius 3 is 2.04 bits per heavy atom. The van der Waals surface area contributed by atoms with E-state index in [2.05, 4.69) is 5.32 Å². The number of carboxylic acids is 1. The lowest BCUT2D eigenvalue weighted by Crippen LogP contribution is -2.34. The number of hydrogen-bond acceptors (Lipinski definition) is 5. The molecule has 0 saturated heterocycles. The van der Waals surface area contributed by atoms with Crippen LogP contribution in [0.2, 0.25) is 0 Å². The van der Waals surface area contributed by atoms with E-state index < -0.39 is 17.9 Å². The first-order valence-electron chi connectivity index (χ1n) is 7.86. The van der Waals surface area contributed by atoms with Gasteiger partial charge in [0.2, 0.25) is 11.7 Å². The second kappa shape index (κ2) is 8.75. The average molecular weight is 359 g/mol. The molecule has 138 valence electrons. The summed E-state index contributed by atoms with van der Waals surface area (Å²) >= 11 is 0. The van der Waals surface area contributed by atoms with Gasteiger partial charge in [-0.25, -0.2) is 4.79 Å². The molecule has 0 saturated carbocycles. The van der Waals surface area contributed by atoms with Gasteiger partial charge in [-0.3, -0.25) is 4.79 Å². The van der Waals surface area contributed by atoms with Gasteiger partial charge in [-0.2, -0.15) is 0 Å². The van der Waals surface area contributed by atoms with Gasteiger partial charge in [0.05, 0.1) is 27.8 Å². The van der Waals surface area contributed by atoms with E-state index in [0.717, 1.165) is 0 Å². The van der Waals surface area contributed by atoms with Crippen LogP contribution in [0.1, 0.15) is 17.2 Å². The first-order valence-corrected chi connectivity index (χ1v) is 7.86. The largest absolute Gasteiger partial charge is 0.493 e. The molecule has 0 bridgehead atoms. The molecule has 2 rings (SSSR count). The maximum absolute atomic E-state index is 12.4. The number of carbonyl (C=O) groups excluding carboxylic acids is 1. The molecule has 0 aliphatic heterocycles. The topological polar surface area (TPSA) is 94.1 Å². The van der Waals surface area contributed by atoms with Crippen LogP contribution in [0.25, 0.3) is 0 Å². The molecule has 2 aromatic carbocycles. The second-order valence-corrected chi connectivity index (χ2v) is 5.46. The fraction of sp³-hybridized carbons (Fsp3) is 0.263. The molecule has 7 nitrogen and oxygen atoms in total. The van der Waals surface area contributed by atoms with E-state index in [1.54, 1.807) is 42.5 Å². The van der Waals surface area contributed by atoms with Crippen molar-refractivity contribution in [2.24, 2.45) is 0 Å². The zero-order chi connectivity index (χ0) is 19.1. The third-order valence-corrected chi connectivity index (χ3v) is 3.77. The standard InChI is InChI=1S/C19H21NO6/c1-24-14-9-12(10-15(25-2)18(14)26-3)11-16(21)20-17(19(22)23)13-7-5-4-6-8-13/h4-10,17H,11H2,1-3H3,(H,20,21)(H,22,23). The Kier molecular flexibility index (Phi) is 6.43. The Hall–Kier alpha value is -3.22. The van der Waals surface area contributed by atoms with Crippen molar-refractivity contribution in [3.05, 3.63) is 53.6 Å². The third-order valence-electron chi connectivity index (χ3n) is 3.77. The van der Waals surface area contributed by atoms with Gasteiger partial charge in [0, 0.05) is 0 Å². The van der Waals surface area contributed by atoms with Gasteiger partial charge in [-0.1, -0.05) is 30.3 Å². The Morgan fingerprint density at radius 1 is 1.00 bits per heavy atom. The predicted octanol–water partition coefficient (Wildman–Crippen LogP) is 2.20. The van der Waals surface area contributed by atoms with E-state index in [4.69, 9.17) is 14.2 Å². The Labute approximate surface area is 151 Å². The SMILES string of the molecule is COc1cc(CC(=O)NC(C(=O)O)c2ccccc2)cc(OC)c1OC. The average Bonchev–Trinajstić information content (AvgIpc) is 2.65. The van der Waals surface area contributed by atoms with Crippen molar-refractivity contribution in [1.82, 2.24) is 5.32 Å². The number of aliphatic carboxylic acids is 1. The highest BCUT2D eigenvalue weighted by atomic mass is 16.5. The van der Waals surface area contributed by atoms with Crippen LogP contribution in [-0.2, 0) is 16.0 Å². The van der Waals surface area contributed by atoms with Crippen LogP contribution in [0.15, 0.2) is 42.5 Å². The maximum Gasteiger partial charge on any atom is 0.330 e. The molecule has 0 heterocycles. The molecule has 0 radical (unpaired) electrons. The molecule has 0 aromatic heterocycles. The smallest absolute Gasteiger partial charge is 0.330 e. The number of carboxylic acid groups (broad SMARTS) is 1. The van der Waals surface area contributed by atoms with Gasteiger partial charge in [-0.15, -0.1) is 0 Å². The Morgan fingerprint density at radius 2 is 1.58 bits per heavy atom. The molecule has 2 N–H and O–H groups in total. The molecular formula is C19H21NO6. The summed E-state index contributed by atoms with van der Waals surface area (Å²) in [7, 11) is 4.46. The highest BCUT2D eigenvalue weighted by Gasteiger charge is 2.22. The minimum atomic E-state index is -1.13. The van der Waals surface area contributed by atoms with Crippen LogP contribution in [0.4, 0.5) is 0 Å². The summed E-state index contributed by atoms with van der Waals surface area (Å²) in [5, 5.41) is 11.9. The quantitative estimate of drug-likeness (QED) is 0.750. The highest BCUT2D eigenvalue weighted by Crippen LogP contribution is 2.38. The minimum Gasteiger partial charge on any atom is -0.493 e. The third kappa shape index (κ3) is 4.44. The van der Waals surface area contributed by atoms with Crippen molar-refractivity contribution >= 4 is 11.9 Å². The van der Waals surface area contributed by atoms with Crippen LogP contribution >= 0.6 is 0 Å². The molecule has 2 aromatic rings. The van der Waals surface area contributed by atoms with Crippen molar-refractivity contribution in [3.63, 3.8) is 0 Å². The maximum atomic E-state index is 12.4. The van der Waals surface area contributed by atoms with Gasteiger partial charge in [0.15, 0.2) is 17.5 Å². The van der Waals surface area contributed by atoms with Crippen molar-refractivity contribution < 1.29 is 28.9 Å². The van der Waals surface area contributed by atoms with Gasteiger partial charge in [0.25, 0.3) is 0 Å². The van der Waals surface area contributed by atoms with Crippen molar-refractivity contribution in [2.75, 3.05) is 21.3 Å². The lowest BCUT2D eigenvalue weighted by Gasteiger charge is -2.16. The Balaban J connectivity index is 2.20. The molecule has 0 spiro atoms. The van der Waals surface area contributed by atoms with Crippen LogP contribution < -0.4 is 19.5 Å². The highest BCUT2D eigenvalue weighted by molar-refractivity contribution is 5.86. The van der Waals surface area contributed by atoms with E-state index >= 15 is 0 Å². The van der Waals surface area contributed by atoms with Crippen LogP contribution in [0.5, 0.6) is 17.2 Å². The molecule has 0 aliphatic rings. The second-order valence-electron chi connectivity index (χ2n) is 5.46. The lowest BCUT2D eigenvalue weighted by molar-refractivity contribution is -0.141. The number of methoxy groups -OCH3 is 3. The van der Waals surface area contributed by atoms with Crippen LogP contribution in [0, 0.1) is 0 Å². The number of nitrogens with one attached hydrogen (secondary N) is 1. The summed E-state index contributed by atoms with van der Waals surface area (Å²) in [5.41, 5.74) is 1.10. The molecule has 1 amide bonds. The molecular weight excluding hydrogens is 338 g/mol. The summed E-state index contributed by atoms with van der Waals surface area (Å²) in [5.74, 6) is -0.295. The molecule has 26 heavy (non-hydrogen) atoms. The van der Waals surface area contributed by atoms with Crippen molar-refractivity contribution in [3.8, 4) is 17.2 Å². The number of ether oxygens (including phenoxy) is 3. The zero-order valence-electron chi connectivity index (χ0n) is 14.8. The molecule has 0 fully saturated rings. The number of benzene rings is 2. The zero-order valence-corrected chi connectivity index (χ0v) is 14.8. The first-order chi connectivity index (χ1) is 12.5. The van der Waals surface area contributed by atoms with E-state index in [1.165, 1.54) is 21.3 Å². The summed E-state index contributed by atoms with van der Waals surface area (Å²) < 4.78 is 15.8. The molecule has 0 aliphatic carbocycles. The fourth-order valence-corrected chi connectivity index (χ4v) is 2.57. The van der Waals surface area contributed by atoms with Crippen molar-refractivity contribution in [1.29, 1.82) is 0 Å². The summed E-state index contributed by atoms with van der Waals surface area (Å²) in [4.78, 5) is 23.9. The number of hydrogen-bond donors (Lipinski definition) is 2. The van der Waals surface area contributed by atoms with Gasteiger partial charge >= 0.3 is 5.97 Å². The normalized spacial score (nSPS) is 11.3. The summed E-state index contributed by atoms with van der Waals surface area (Å²) in [6, 6.07) is 10.7. The monoisotopic (exact) mass is 359 g/mol. The number of carbonyl (C=O) groups is 2. The van der Waals surface area contributed by atoms with E-state index in [9.17, 15) is 14.7 Å². The van der Waals surface area contributed by atoms with E-state index in [1.807, 2.05) is 0 Å². The fourth-order valence-electron chi connectivity index (χ4n) is 2.57. The Bertz CT molecular complexity index is 750. The van der Waals surface area contributed by atoms with Gasteiger partial charge in [-0.05, 0) is 23.3 Å². The molecule has 7 heteroatoms. The number of rotatable bonds is 8. The van der Waals surface area contributed by atoms with Gasteiger partial charge in [0.1, 0.15) is 0 Å². The first kappa shape index (κ1) is 19.1. The van der Waals surface area contributed by atoms with Crippen LogP contribution in [0.3, 0.4) is 0 Å². The molecule has 1 unspecified atom stereocenters. The van der Waals surface area contributed by atoms with Crippen LogP contribution in [-0.4, -0.2) is 38.3 Å².